The molecule has 0 spiro atoms. The van der Waals surface area contributed by atoms with E-state index >= 15 is 4.39 Å². The van der Waals surface area contributed by atoms with Gasteiger partial charge in [0, 0.05) is 18.9 Å². The number of hydrogen-bond donors (Lipinski definition) is 3. The molecule has 168 valence electrons. The van der Waals surface area contributed by atoms with Gasteiger partial charge < -0.3 is 20.0 Å². The lowest BCUT2D eigenvalue weighted by Gasteiger charge is -2.39. The van der Waals surface area contributed by atoms with Crippen molar-refractivity contribution in [2.24, 2.45) is 0 Å². The van der Waals surface area contributed by atoms with Gasteiger partial charge in [-0.2, -0.15) is 0 Å². The Morgan fingerprint density at radius 3 is 2.84 bits per heavy atom. The van der Waals surface area contributed by atoms with E-state index in [1.54, 1.807) is 25.3 Å². The number of hydrogen-bond acceptors (Lipinski definition) is 5. The topological polar surface area (TPSA) is 99.5 Å². The number of nitrogens with one attached hydrogen (secondary N) is 1. The highest BCUT2D eigenvalue weighted by atomic mass is 19.1. The van der Waals surface area contributed by atoms with E-state index in [0.29, 0.717) is 30.6 Å². The van der Waals surface area contributed by atoms with Crippen LogP contribution in [0.4, 0.5) is 10.1 Å². The van der Waals surface area contributed by atoms with E-state index in [1.807, 2.05) is 29.6 Å². The lowest BCUT2D eigenvalue weighted by atomic mass is 9.95. The molecule has 8 heteroatoms. The van der Waals surface area contributed by atoms with Crippen LogP contribution in [-0.2, 0) is 11.2 Å². The van der Waals surface area contributed by atoms with Crippen LogP contribution >= 0.6 is 0 Å². The van der Waals surface area contributed by atoms with E-state index < -0.39 is 18.0 Å². The highest BCUT2D eigenvalue weighted by Gasteiger charge is 2.38. The van der Waals surface area contributed by atoms with Crippen LogP contribution in [0, 0.1) is 18.2 Å². The minimum absolute atomic E-state index is 0.0167. The number of halogens is 1. The quantitative estimate of drug-likeness (QED) is 0.473. The van der Waals surface area contributed by atoms with Crippen LogP contribution in [0.15, 0.2) is 42.6 Å². The standard InChI is InChI=1S/C24H26FN3O4/c1-15-17(11-16-3-5-18(6-4-16)27-9-2-8-26)12-19-23(22(15)25)32-14-28(24(19)30)20-7-10-31-13-21(20)29/h2-6,8-9,12,20-21,26-27,29H,7,10-11,13-14H2,1H3/p+1/b9-2-,26-8?/t20-,21-/m0/s1. The molecule has 2 aliphatic heterocycles. The first-order valence-corrected chi connectivity index (χ1v) is 10.6. The number of aliphatic hydroxyl groups is 1. The minimum Gasteiger partial charge on any atom is -0.469 e. The van der Waals surface area contributed by atoms with Crippen molar-refractivity contribution in [3.05, 3.63) is 70.7 Å². The first-order chi connectivity index (χ1) is 15.5. The van der Waals surface area contributed by atoms with Crippen molar-refractivity contribution in [1.29, 1.82) is 5.41 Å². The molecular weight excluding hydrogens is 413 g/mol. The number of fused-ring (bicyclic) bond motifs is 1. The maximum absolute atomic E-state index is 15.1. The fourth-order valence-corrected chi connectivity index (χ4v) is 4.12. The molecule has 2 aromatic carbocycles. The Labute approximate surface area is 186 Å². The molecule has 2 heterocycles. The largest absolute Gasteiger partial charge is 0.469 e. The maximum Gasteiger partial charge on any atom is 0.260 e. The Morgan fingerprint density at radius 1 is 1.34 bits per heavy atom. The molecule has 1 saturated heterocycles. The Hall–Kier alpha value is -3.07. The smallest absolute Gasteiger partial charge is 0.260 e. The number of aliphatic hydroxyl groups excluding tert-OH is 1. The zero-order chi connectivity index (χ0) is 22.7. The van der Waals surface area contributed by atoms with Gasteiger partial charge in [-0.1, -0.05) is 12.1 Å². The molecule has 0 aromatic heterocycles. The van der Waals surface area contributed by atoms with Gasteiger partial charge in [-0.15, -0.1) is 0 Å². The molecule has 2 aromatic rings. The summed E-state index contributed by atoms with van der Waals surface area (Å²) in [5.41, 5.74) is 3.35. The van der Waals surface area contributed by atoms with Crippen LogP contribution in [0.25, 0.3) is 0 Å². The zero-order valence-electron chi connectivity index (χ0n) is 17.9. The van der Waals surface area contributed by atoms with E-state index in [9.17, 15) is 9.90 Å². The van der Waals surface area contributed by atoms with Gasteiger partial charge in [0.2, 0.25) is 0 Å². The summed E-state index contributed by atoms with van der Waals surface area (Å²) < 4.78 is 26.0. The molecule has 2 atom stereocenters. The number of nitrogens with two attached hydrogens (primary N) is 1. The van der Waals surface area contributed by atoms with Crippen LogP contribution in [0.1, 0.15) is 33.5 Å². The number of rotatable bonds is 6. The molecule has 4 N–H and O–H groups in total. The molecule has 4 rings (SSSR count). The van der Waals surface area contributed by atoms with Gasteiger partial charge in [0.05, 0.1) is 30.5 Å². The van der Waals surface area contributed by atoms with E-state index in [2.05, 4.69) is 0 Å². The van der Waals surface area contributed by atoms with Gasteiger partial charge >= 0.3 is 0 Å². The van der Waals surface area contributed by atoms with E-state index in [1.165, 1.54) is 11.1 Å². The normalized spacial score (nSPS) is 20.8. The number of quaternary nitrogens is 1. The molecule has 0 radical (unpaired) electrons. The van der Waals surface area contributed by atoms with E-state index in [0.717, 1.165) is 11.3 Å². The average Bonchev–Trinajstić information content (AvgIpc) is 2.80. The zero-order valence-corrected chi connectivity index (χ0v) is 17.9. The molecule has 1 fully saturated rings. The Morgan fingerprint density at radius 2 is 2.12 bits per heavy atom. The first-order valence-electron chi connectivity index (χ1n) is 10.6. The molecule has 7 nitrogen and oxygen atoms in total. The fraction of sp³-hybridized carbons (Fsp3) is 0.333. The summed E-state index contributed by atoms with van der Waals surface area (Å²) in [6, 6.07) is 9.13. The lowest BCUT2D eigenvalue weighted by molar-refractivity contribution is -0.496. The average molecular weight is 440 g/mol. The van der Waals surface area contributed by atoms with Gasteiger partial charge in [0.25, 0.3) is 5.91 Å². The number of carbonyl (C=O) groups excluding carboxylic acids is 1. The Bertz CT molecular complexity index is 1040. The van der Waals surface area contributed by atoms with Crippen molar-refractivity contribution < 1.29 is 29.1 Å². The van der Waals surface area contributed by atoms with Gasteiger partial charge in [-0.25, -0.2) is 4.39 Å². The Balaban J connectivity index is 1.57. The summed E-state index contributed by atoms with van der Waals surface area (Å²) in [6.07, 6.45) is 4.82. The number of allylic oxidation sites excluding steroid dienone is 1. The van der Waals surface area contributed by atoms with Crippen molar-refractivity contribution in [3.63, 3.8) is 0 Å². The Kier molecular flexibility index (Phi) is 6.64. The minimum atomic E-state index is -0.795. The first kappa shape index (κ1) is 22.1. The maximum atomic E-state index is 15.1. The molecule has 32 heavy (non-hydrogen) atoms. The molecule has 1 amide bonds. The summed E-state index contributed by atoms with van der Waals surface area (Å²) in [5.74, 6) is -0.864. The SMILES string of the molecule is Cc1c(Cc2ccc([NH2+]/C=C\C=N)cc2)cc2c(c1F)OCN([C@H]1CCOC[C@@H]1O)C2=O. The second kappa shape index (κ2) is 9.60. The van der Waals surface area contributed by atoms with E-state index in [-0.39, 0.29) is 30.6 Å². The predicted molar refractivity (Wildman–Crippen MR) is 117 cm³/mol. The summed E-state index contributed by atoms with van der Waals surface area (Å²) in [4.78, 5) is 14.7. The van der Waals surface area contributed by atoms with E-state index in [4.69, 9.17) is 14.9 Å². The van der Waals surface area contributed by atoms with Crippen LogP contribution in [0.2, 0.25) is 0 Å². The third-order valence-electron chi connectivity index (χ3n) is 5.97. The number of nitrogens with zero attached hydrogens (tertiary/aromatic N) is 1. The molecule has 0 saturated carbocycles. The van der Waals surface area contributed by atoms with Crippen molar-refractivity contribution >= 4 is 17.8 Å². The predicted octanol–water partition coefficient (Wildman–Crippen LogP) is 2.02. The van der Waals surface area contributed by atoms with Crippen molar-refractivity contribution in [2.45, 2.75) is 31.9 Å². The van der Waals surface area contributed by atoms with Crippen LogP contribution in [0.5, 0.6) is 5.75 Å². The van der Waals surface area contributed by atoms with Gasteiger partial charge in [-0.05, 0) is 54.7 Å². The monoisotopic (exact) mass is 440 g/mol. The third kappa shape index (κ3) is 4.43. The summed E-state index contributed by atoms with van der Waals surface area (Å²) in [7, 11) is 0. The number of ether oxygens (including phenoxy) is 2. The molecule has 0 aliphatic carbocycles. The van der Waals surface area contributed by atoms with Crippen molar-refractivity contribution in [1.82, 2.24) is 4.90 Å². The van der Waals surface area contributed by atoms with Gasteiger partial charge in [0.15, 0.2) is 18.3 Å². The van der Waals surface area contributed by atoms with Crippen molar-refractivity contribution in [3.8, 4) is 5.75 Å². The number of carbonyl (C=O) groups is 1. The lowest BCUT2D eigenvalue weighted by Crippen LogP contribution is -2.70. The highest BCUT2D eigenvalue weighted by Crippen LogP contribution is 2.35. The summed E-state index contributed by atoms with van der Waals surface area (Å²) in [6.45, 7) is 2.22. The van der Waals surface area contributed by atoms with Crippen LogP contribution in [0.3, 0.4) is 0 Å². The van der Waals surface area contributed by atoms with Gasteiger partial charge in [-0.3, -0.25) is 15.0 Å². The molecule has 0 unspecified atom stereocenters. The summed E-state index contributed by atoms with van der Waals surface area (Å²) in [5, 5.41) is 19.2. The number of benzene rings is 2. The fourth-order valence-electron chi connectivity index (χ4n) is 4.12. The molecule has 0 bridgehead atoms. The number of amides is 1. The second-order valence-electron chi connectivity index (χ2n) is 8.03. The second-order valence-corrected chi connectivity index (χ2v) is 8.03. The third-order valence-corrected chi connectivity index (χ3v) is 5.97. The highest BCUT2D eigenvalue weighted by molar-refractivity contribution is 5.98. The van der Waals surface area contributed by atoms with Crippen molar-refractivity contribution in [2.75, 3.05) is 19.9 Å². The molecular formula is C24H27FN3O4+. The summed E-state index contributed by atoms with van der Waals surface area (Å²) >= 11 is 0. The van der Waals surface area contributed by atoms with Crippen LogP contribution in [-0.4, -0.2) is 54.2 Å². The molecule has 2 aliphatic rings. The van der Waals surface area contributed by atoms with Gasteiger partial charge in [0.1, 0.15) is 5.69 Å². The van der Waals surface area contributed by atoms with Crippen LogP contribution < -0.4 is 10.1 Å².